The lowest BCUT2D eigenvalue weighted by Gasteiger charge is -2.16. The predicted molar refractivity (Wildman–Crippen MR) is 73.5 cm³/mol. The molecular formula is C14H18N2O4. The second kappa shape index (κ2) is 6.79. The summed E-state index contributed by atoms with van der Waals surface area (Å²) in [6.45, 7) is 4.64. The van der Waals surface area contributed by atoms with E-state index in [0.29, 0.717) is 49.9 Å². The summed E-state index contributed by atoms with van der Waals surface area (Å²) >= 11 is 0. The van der Waals surface area contributed by atoms with Gasteiger partial charge in [0.05, 0.1) is 13.2 Å². The lowest BCUT2D eigenvalue weighted by molar-refractivity contribution is 0.112. The van der Waals surface area contributed by atoms with Gasteiger partial charge in [-0.25, -0.2) is 4.79 Å². The average molecular weight is 278 g/mol. The van der Waals surface area contributed by atoms with Gasteiger partial charge in [-0.2, -0.15) is 0 Å². The van der Waals surface area contributed by atoms with E-state index >= 15 is 0 Å². The Labute approximate surface area is 117 Å². The van der Waals surface area contributed by atoms with Gasteiger partial charge in [-0.15, -0.1) is 0 Å². The van der Waals surface area contributed by atoms with Gasteiger partial charge in [-0.1, -0.05) is 0 Å². The minimum atomic E-state index is -0.0602. The monoisotopic (exact) mass is 278 g/mol. The topological polar surface area (TPSA) is 67.9 Å². The zero-order chi connectivity index (χ0) is 14.4. The van der Waals surface area contributed by atoms with Crippen molar-refractivity contribution in [2.24, 2.45) is 0 Å². The average Bonchev–Trinajstić information content (AvgIpc) is 2.86. The molecule has 1 aromatic rings. The number of hydrogen-bond acceptors (Lipinski definition) is 4. The van der Waals surface area contributed by atoms with Gasteiger partial charge >= 0.3 is 6.03 Å². The Hall–Kier alpha value is -2.24. The summed E-state index contributed by atoms with van der Waals surface area (Å²) in [5.74, 6) is 1.13. The molecule has 1 saturated heterocycles. The van der Waals surface area contributed by atoms with Crippen molar-refractivity contribution >= 4 is 12.3 Å². The molecule has 0 aromatic heterocycles. The molecular weight excluding hydrogens is 260 g/mol. The van der Waals surface area contributed by atoms with E-state index in [9.17, 15) is 9.59 Å². The van der Waals surface area contributed by atoms with Gasteiger partial charge in [-0.3, -0.25) is 4.79 Å². The van der Waals surface area contributed by atoms with Crippen LogP contribution >= 0.6 is 0 Å². The Morgan fingerprint density at radius 1 is 1.35 bits per heavy atom. The minimum Gasteiger partial charge on any atom is -0.490 e. The summed E-state index contributed by atoms with van der Waals surface area (Å²) in [7, 11) is 0. The highest BCUT2D eigenvalue weighted by Gasteiger charge is 2.18. The van der Waals surface area contributed by atoms with Gasteiger partial charge in [0, 0.05) is 18.7 Å². The highest BCUT2D eigenvalue weighted by atomic mass is 16.5. The Morgan fingerprint density at radius 2 is 2.20 bits per heavy atom. The molecule has 0 saturated carbocycles. The van der Waals surface area contributed by atoms with Crippen LogP contribution in [0.5, 0.6) is 11.5 Å². The van der Waals surface area contributed by atoms with Crippen molar-refractivity contribution < 1.29 is 19.1 Å². The molecule has 1 aliphatic rings. The predicted octanol–water partition coefficient (Wildman–Crippen LogP) is 1.30. The summed E-state index contributed by atoms with van der Waals surface area (Å²) in [4.78, 5) is 23.8. The zero-order valence-electron chi connectivity index (χ0n) is 11.4. The molecule has 0 atom stereocenters. The Kier molecular flexibility index (Phi) is 4.81. The summed E-state index contributed by atoms with van der Waals surface area (Å²) in [5, 5.41) is 2.73. The molecule has 2 amide bonds. The third-order valence-electron chi connectivity index (χ3n) is 2.97. The summed E-state index contributed by atoms with van der Waals surface area (Å²) in [6.07, 6.45) is 0.765. The van der Waals surface area contributed by atoms with Crippen LogP contribution in [0.25, 0.3) is 0 Å². The van der Waals surface area contributed by atoms with E-state index < -0.39 is 0 Å². The van der Waals surface area contributed by atoms with Crippen molar-refractivity contribution in [2.75, 3.05) is 32.8 Å². The van der Waals surface area contributed by atoms with E-state index in [0.717, 1.165) is 6.29 Å². The lowest BCUT2D eigenvalue weighted by Crippen LogP contribution is -2.31. The van der Waals surface area contributed by atoms with Crippen LogP contribution in [0.1, 0.15) is 17.3 Å². The molecule has 0 radical (unpaired) electrons. The van der Waals surface area contributed by atoms with Gasteiger partial charge in [0.15, 0.2) is 11.5 Å². The first kappa shape index (κ1) is 14.2. The molecule has 0 spiro atoms. The number of nitrogens with one attached hydrogen (secondary N) is 1. The van der Waals surface area contributed by atoms with E-state index in [2.05, 4.69) is 5.32 Å². The Balaban J connectivity index is 1.94. The SMILES string of the molecule is CCOc1cc(C=O)ccc1OCCN1CCNC1=O. The third-order valence-corrected chi connectivity index (χ3v) is 2.97. The van der Waals surface area contributed by atoms with Crippen molar-refractivity contribution in [3.05, 3.63) is 23.8 Å². The number of amides is 2. The van der Waals surface area contributed by atoms with E-state index in [1.807, 2.05) is 6.92 Å². The summed E-state index contributed by atoms with van der Waals surface area (Å²) in [6, 6.07) is 4.97. The van der Waals surface area contributed by atoms with Crippen molar-refractivity contribution in [2.45, 2.75) is 6.92 Å². The maximum Gasteiger partial charge on any atom is 0.317 e. The molecule has 1 heterocycles. The summed E-state index contributed by atoms with van der Waals surface area (Å²) < 4.78 is 11.1. The molecule has 0 bridgehead atoms. The number of aldehydes is 1. The van der Waals surface area contributed by atoms with Crippen molar-refractivity contribution in [1.29, 1.82) is 0 Å². The van der Waals surface area contributed by atoms with Gasteiger partial charge < -0.3 is 19.7 Å². The standard InChI is InChI=1S/C14H18N2O4/c1-2-19-13-9-11(10-17)3-4-12(13)20-8-7-16-6-5-15-14(16)18/h3-4,9-10H,2,5-8H2,1H3,(H,15,18). The smallest absolute Gasteiger partial charge is 0.317 e. The van der Waals surface area contributed by atoms with Crippen LogP contribution in [0.4, 0.5) is 4.79 Å². The first-order chi connectivity index (χ1) is 9.74. The number of carbonyl (C=O) groups is 2. The first-order valence-corrected chi connectivity index (χ1v) is 6.62. The number of rotatable bonds is 7. The maximum absolute atomic E-state index is 11.4. The number of ether oxygens (including phenoxy) is 2. The Bertz CT molecular complexity index is 490. The van der Waals surface area contributed by atoms with E-state index in [1.165, 1.54) is 0 Å². The van der Waals surface area contributed by atoms with Crippen LogP contribution in [0.2, 0.25) is 0 Å². The molecule has 6 heteroatoms. The second-order valence-corrected chi connectivity index (χ2v) is 4.32. The van der Waals surface area contributed by atoms with Crippen LogP contribution in [-0.4, -0.2) is 50.1 Å². The van der Waals surface area contributed by atoms with Gasteiger partial charge in [0.2, 0.25) is 0 Å². The summed E-state index contributed by atoms with van der Waals surface area (Å²) in [5.41, 5.74) is 0.541. The lowest BCUT2D eigenvalue weighted by atomic mass is 10.2. The van der Waals surface area contributed by atoms with Gasteiger partial charge in [0.1, 0.15) is 12.9 Å². The molecule has 2 rings (SSSR count). The Morgan fingerprint density at radius 3 is 2.85 bits per heavy atom. The maximum atomic E-state index is 11.4. The molecule has 1 aliphatic heterocycles. The number of carbonyl (C=O) groups excluding carboxylic acids is 2. The molecule has 1 N–H and O–H groups in total. The third kappa shape index (κ3) is 3.40. The second-order valence-electron chi connectivity index (χ2n) is 4.32. The quantitative estimate of drug-likeness (QED) is 0.763. The largest absolute Gasteiger partial charge is 0.490 e. The highest BCUT2D eigenvalue weighted by molar-refractivity contribution is 5.76. The molecule has 20 heavy (non-hydrogen) atoms. The molecule has 0 aliphatic carbocycles. The fraction of sp³-hybridized carbons (Fsp3) is 0.429. The molecule has 0 unspecified atom stereocenters. The number of hydrogen-bond donors (Lipinski definition) is 1. The van der Waals surface area contributed by atoms with E-state index in [4.69, 9.17) is 9.47 Å². The fourth-order valence-electron chi connectivity index (χ4n) is 1.98. The first-order valence-electron chi connectivity index (χ1n) is 6.62. The highest BCUT2D eigenvalue weighted by Crippen LogP contribution is 2.28. The van der Waals surface area contributed by atoms with Crippen molar-refractivity contribution in [3.63, 3.8) is 0 Å². The van der Waals surface area contributed by atoms with Crippen LogP contribution in [0.15, 0.2) is 18.2 Å². The molecule has 108 valence electrons. The minimum absolute atomic E-state index is 0.0602. The van der Waals surface area contributed by atoms with E-state index in [-0.39, 0.29) is 6.03 Å². The van der Waals surface area contributed by atoms with Crippen LogP contribution < -0.4 is 14.8 Å². The van der Waals surface area contributed by atoms with Crippen LogP contribution in [0.3, 0.4) is 0 Å². The van der Waals surface area contributed by atoms with Crippen LogP contribution in [-0.2, 0) is 0 Å². The number of nitrogens with zero attached hydrogens (tertiary/aromatic N) is 1. The number of benzene rings is 1. The number of urea groups is 1. The molecule has 6 nitrogen and oxygen atoms in total. The normalized spacial score (nSPS) is 14.1. The molecule has 1 fully saturated rings. The van der Waals surface area contributed by atoms with Gasteiger partial charge in [0.25, 0.3) is 0 Å². The van der Waals surface area contributed by atoms with Gasteiger partial charge in [-0.05, 0) is 25.1 Å². The molecule has 1 aromatic carbocycles. The van der Waals surface area contributed by atoms with Crippen molar-refractivity contribution in [1.82, 2.24) is 10.2 Å². The zero-order valence-corrected chi connectivity index (χ0v) is 11.4. The van der Waals surface area contributed by atoms with E-state index in [1.54, 1.807) is 23.1 Å². The van der Waals surface area contributed by atoms with Crippen LogP contribution in [0, 0.1) is 0 Å². The van der Waals surface area contributed by atoms with Crippen molar-refractivity contribution in [3.8, 4) is 11.5 Å². The fourth-order valence-corrected chi connectivity index (χ4v) is 1.98.